The third-order valence-electron chi connectivity index (χ3n) is 2.56. The van der Waals surface area contributed by atoms with Crippen molar-refractivity contribution >= 4 is 15.6 Å². The number of hydrogen-bond acceptors (Lipinski definition) is 8. The van der Waals surface area contributed by atoms with Gasteiger partial charge in [0.1, 0.15) is 36.6 Å². The van der Waals surface area contributed by atoms with E-state index in [-0.39, 0.29) is 0 Å². The Morgan fingerprint density at radius 3 is 1.05 bits per heavy atom. The van der Waals surface area contributed by atoms with Crippen molar-refractivity contribution in [2.24, 2.45) is 0 Å². The molecule has 0 radical (unpaired) electrons. The van der Waals surface area contributed by atoms with Crippen molar-refractivity contribution in [2.75, 3.05) is 0 Å². The van der Waals surface area contributed by atoms with Gasteiger partial charge in [-0.05, 0) is 0 Å². The van der Waals surface area contributed by atoms with Gasteiger partial charge in [0.2, 0.25) is 0 Å². The molecule has 0 aromatic carbocycles. The normalized spacial score (nSPS) is 39.8. The molecule has 8 N–H and O–H groups in total. The van der Waals surface area contributed by atoms with Gasteiger partial charge in [-0.1, -0.05) is 0 Å². The Balaban J connectivity index is 3.09. The van der Waals surface area contributed by atoms with Crippen molar-refractivity contribution in [3.05, 3.63) is 0 Å². The first-order valence-corrected chi connectivity index (χ1v) is 8.10. The largest absolute Gasteiger partial charge is 0.470 e. The molecule has 0 unspecified atom stereocenters. The van der Waals surface area contributed by atoms with Gasteiger partial charge >= 0.3 is 15.6 Å². The van der Waals surface area contributed by atoms with Crippen LogP contribution < -0.4 is 0 Å². The minimum absolute atomic E-state index is 2.07. The first kappa shape index (κ1) is 18.1. The van der Waals surface area contributed by atoms with Gasteiger partial charge in [0.25, 0.3) is 0 Å². The minimum atomic E-state index is -5.24. The second-order valence-corrected chi connectivity index (χ2v) is 6.47. The molecule has 1 fully saturated rings. The maximum Gasteiger partial charge on any atom is 0.470 e. The molecule has 20 heavy (non-hydrogen) atoms. The van der Waals surface area contributed by atoms with Gasteiger partial charge in [0.05, 0.1) is 0 Å². The number of phosphoric ester groups is 2. The third-order valence-corrected chi connectivity index (χ3v) is 3.60. The standard InChI is InChI=1S/C6H14O12P2/c7-1-2(8)4(10)6(18-20(14,15)16)5(3(1)9)17-19(11,12)13/h1-10H,(H2,11,12,13)(H2,14,15,16)/t1-,2-,3+,4+,5-,6+/m0/s1. The topological polar surface area (TPSA) is 214 Å². The molecule has 14 heteroatoms. The van der Waals surface area contributed by atoms with Gasteiger partial charge in [-0.3, -0.25) is 9.05 Å². The highest BCUT2D eigenvalue weighted by atomic mass is 31.2. The van der Waals surface area contributed by atoms with E-state index in [1.54, 1.807) is 0 Å². The Morgan fingerprint density at radius 2 is 0.850 bits per heavy atom. The Hall–Kier alpha value is 0.0600. The first-order chi connectivity index (χ1) is 8.83. The van der Waals surface area contributed by atoms with E-state index in [2.05, 4.69) is 9.05 Å². The van der Waals surface area contributed by atoms with Crippen molar-refractivity contribution in [1.82, 2.24) is 0 Å². The highest BCUT2D eigenvalue weighted by Gasteiger charge is 2.53. The Bertz CT molecular complexity index is 388. The second-order valence-electron chi connectivity index (χ2n) is 4.08. The lowest BCUT2D eigenvalue weighted by Gasteiger charge is -2.42. The molecule has 0 aliphatic heterocycles. The van der Waals surface area contributed by atoms with Crippen LogP contribution in [0.25, 0.3) is 0 Å². The average molecular weight is 340 g/mol. The molecule has 12 nitrogen and oxygen atoms in total. The van der Waals surface area contributed by atoms with Crippen LogP contribution in [0.5, 0.6) is 0 Å². The number of hydrogen-bond donors (Lipinski definition) is 8. The predicted molar refractivity (Wildman–Crippen MR) is 57.9 cm³/mol. The van der Waals surface area contributed by atoms with Gasteiger partial charge in [-0.15, -0.1) is 0 Å². The van der Waals surface area contributed by atoms with Crippen LogP contribution in [0.4, 0.5) is 0 Å². The second kappa shape index (κ2) is 6.05. The lowest BCUT2D eigenvalue weighted by molar-refractivity contribution is -0.216. The van der Waals surface area contributed by atoms with E-state index in [1.165, 1.54) is 0 Å². The van der Waals surface area contributed by atoms with E-state index >= 15 is 0 Å². The zero-order chi connectivity index (χ0) is 15.9. The summed E-state index contributed by atoms with van der Waals surface area (Å²) in [5.74, 6) is 0. The van der Waals surface area contributed by atoms with Crippen molar-refractivity contribution in [3.63, 3.8) is 0 Å². The summed E-state index contributed by atoms with van der Waals surface area (Å²) in [6, 6.07) is 0. The van der Waals surface area contributed by atoms with Crippen molar-refractivity contribution in [2.45, 2.75) is 36.6 Å². The fourth-order valence-electron chi connectivity index (χ4n) is 1.74. The first-order valence-electron chi connectivity index (χ1n) is 5.03. The van der Waals surface area contributed by atoms with E-state index in [1.807, 2.05) is 0 Å². The van der Waals surface area contributed by atoms with E-state index < -0.39 is 52.3 Å². The molecule has 1 aliphatic rings. The van der Waals surface area contributed by atoms with Crippen LogP contribution in [0.2, 0.25) is 0 Å². The highest BCUT2D eigenvalue weighted by molar-refractivity contribution is 7.46. The third kappa shape index (κ3) is 4.53. The maximum absolute atomic E-state index is 10.7. The molecular formula is C6H14O12P2. The van der Waals surface area contributed by atoms with E-state index in [0.717, 1.165) is 0 Å². The Morgan fingerprint density at radius 1 is 0.600 bits per heavy atom. The lowest BCUT2D eigenvalue weighted by atomic mass is 9.85. The quantitative estimate of drug-likeness (QED) is 0.233. The number of phosphoric acid groups is 2. The molecular weight excluding hydrogens is 326 g/mol. The zero-order valence-corrected chi connectivity index (χ0v) is 11.4. The minimum Gasteiger partial charge on any atom is -0.387 e. The van der Waals surface area contributed by atoms with Crippen LogP contribution in [0, 0.1) is 0 Å². The molecule has 0 aromatic rings. The summed E-state index contributed by atoms with van der Waals surface area (Å²) in [6.07, 6.45) is -12.8. The van der Waals surface area contributed by atoms with E-state index in [9.17, 15) is 29.6 Å². The molecule has 0 spiro atoms. The predicted octanol–water partition coefficient (Wildman–Crippen LogP) is -3.60. The summed E-state index contributed by atoms with van der Waals surface area (Å²) in [4.78, 5) is 34.6. The molecule has 120 valence electrons. The zero-order valence-electron chi connectivity index (χ0n) is 9.57. The summed E-state index contributed by atoms with van der Waals surface area (Å²) < 4.78 is 29.6. The SMILES string of the molecule is O=P(O)(O)O[C@@H]1[C@H](O)[C@@H](O)[C@H](O)[C@@H](O)[C@@H]1OP(=O)(O)O. The molecule has 0 amide bonds. The molecule has 1 saturated carbocycles. The molecule has 6 atom stereocenters. The summed E-state index contributed by atoms with van der Waals surface area (Å²) in [6.45, 7) is 0. The number of rotatable bonds is 4. The summed E-state index contributed by atoms with van der Waals surface area (Å²) in [7, 11) is -10.5. The molecule has 1 aliphatic carbocycles. The Kier molecular flexibility index (Phi) is 5.48. The van der Waals surface area contributed by atoms with E-state index in [0.29, 0.717) is 0 Å². The van der Waals surface area contributed by atoms with Crippen molar-refractivity contribution in [3.8, 4) is 0 Å². The Labute approximate surface area is 111 Å². The summed E-state index contributed by atoms with van der Waals surface area (Å²) in [5, 5.41) is 37.8. The average Bonchev–Trinajstić information content (AvgIpc) is 2.25. The van der Waals surface area contributed by atoms with Crippen LogP contribution in [0.3, 0.4) is 0 Å². The van der Waals surface area contributed by atoms with Gasteiger partial charge in [-0.2, -0.15) is 0 Å². The molecule has 0 saturated heterocycles. The van der Waals surface area contributed by atoms with E-state index in [4.69, 9.17) is 19.6 Å². The molecule has 0 aromatic heterocycles. The monoisotopic (exact) mass is 340 g/mol. The van der Waals surface area contributed by atoms with Crippen LogP contribution in [-0.4, -0.2) is 76.6 Å². The van der Waals surface area contributed by atoms with Crippen LogP contribution in [0.15, 0.2) is 0 Å². The van der Waals surface area contributed by atoms with Crippen LogP contribution in [0.1, 0.15) is 0 Å². The van der Waals surface area contributed by atoms with Crippen LogP contribution in [-0.2, 0) is 18.2 Å². The highest BCUT2D eigenvalue weighted by Crippen LogP contribution is 2.46. The molecule has 1 rings (SSSR count). The maximum atomic E-state index is 10.7. The summed E-state index contributed by atoms with van der Waals surface area (Å²) in [5.41, 5.74) is 0. The lowest BCUT2D eigenvalue weighted by Crippen LogP contribution is -2.64. The van der Waals surface area contributed by atoms with Crippen molar-refractivity contribution in [1.29, 1.82) is 0 Å². The smallest absolute Gasteiger partial charge is 0.387 e. The van der Waals surface area contributed by atoms with Gasteiger partial charge < -0.3 is 40.0 Å². The number of aliphatic hydroxyl groups excluding tert-OH is 4. The summed E-state index contributed by atoms with van der Waals surface area (Å²) >= 11 is 0. The number of aliphatic hydroxyl groups is 4. The fraction of sp³-hybridized carbons (Fsp3) is 1.00. The molecule has 0 heterocycles. The van der Waals surface area contributed by atoms with Gasteiger partial charge in [0, 0.05) is 0 Å². The molecule has 0 bridgehead atoms. The van der Waals surface area contributed by atoms with Crippen molar-refractivity contribution < 1.29 is 58.2 Å². The fourth-order valence-corrected chi connectivity index (χ4v) is 2.87. The van der Waals surface area contributed by atoms with Crippen LogP contribution >= 0.6 is 15.6 Å². The van der Waals surface area contributed by atoms with Gasteiger partial charge in [0.15, 0.2) is 0 Å². The van der Waals surface area contributed by atoms with Gasteiger partial charge in [-0.25, -0.2) is 9.13 Å².